The predicted octanol–water partition coefficient (Wildman–Crippen LogP) is 4.31. The van der Waals surface area contributed by atoms with Gasteiger partial charge >= 0.3 is 35.8 Å². The molecule has 4 fully saturated rings. The Morgan fingerprint density at radius 2 is 1.14 bits per heavy atom. The van der Waals surface area contributed by atoms with Crippen molar-refractivity contribution in [3.05, 3.63) is 83.9 Å². The second-order valence-corrected chi connectivity index (χ2v) is 15.7. The van der Waals surface area contributed by atoms with Crippen molar-refractivity contribution >= 4 is 35.8 Å². The minimum absolute atomic E-state index is 0.0665. The highest BCUT2D eigenvalue weighted by Crippen LogP contribution is 2.71. The molecule has 13 atom stereocenters. The van der Waals surface area contributed by atoms with Gasteiger partial charge in [-0.15, -0.1) is 0 Å². The van der Waals surface area contributed by atoms with Crippen molar-refractivity contribution in [3.8, 4) is 0 Å². The summed E-state index contributed by atoms with van der Waals surface area (Å²) in [6, 6.07) is 16.0. The molecule has 2 saturated heterocycles. The maximum atomic E-state index is 14.2. The zero-order chi connectivity index (χ0) is 41.1. The van der Waals surface area contributed by atoms with E-state index in [-0.39, 0.29) is 23.1 Å². The largest absolute Gasteiger partial charge is 0.459 e. The number of ether oxygens (including phenoxy) is 7. The highest BCUT2D eigenvalue weighted by molar-refractivity contribution is 5.90. The second-order valence-electron chi connectivity index (χ2n) is 15.7. The minimum Gasteiger partial charge on any atom is -0.459 e. The van der Waals surface area contributed by atoms with Crippen molar-refractivity contribution in [2.45, 2.75) is 115 Å². The zero-order valence-electron chi connectivity index (χ0n) is 32.6. The number of benzene rings is 2. The van der Waals surface area contributed by atoms with E-state index < -0.39 is 112 Å². The van der Waals surface area contributed by atoms with Gasteiger partial charge in [0, 0.05) is 39.5 Å². The summed E-state index contributed by atoms with van der Waals surface area (Å²) in [5, 5.41) is 13.9. The van der Waals surface area contributed by atoms with E-state index in [9.17, 15) is 33.9 Å². The van der Waals surface area contributed by atoms with Gasteiger partial charge in [0.15, 0.2) is 23.9 Å². The van der Waals surface area contributed by atoms with Crippen LogP contribution >= 0.6 is 0 Å². The molecule has 300 valence electrons. The fourth-order valence-electron chi connectivity index (χ4n) is 10.2. The molecule has 14 nitrogen and oxygen atoms in total. The van der Waals surface area contributed by atoms with Crippen LogP contribution in [0.4, 0.5) is 0 Å². The summed E-state index contributed by atoms with van der Waals surface area (Å²) in [6.07, 6.45) is -7.43. The second kappa shape index (κ2) is 14.5. The van der Waals surface area contributed by atoms with Gasteiger partial charge in [0.1, 0.15) is 17.8 Å². The Balaban J connectivity index is 1.67. The van der Waals surface area contributed by atoms with E-state index >= 15 is 0 Å². The van der Waals surface area contributed by atoms with Crippen molar-refractivity contribution in [3.63, 3.8) is 0 Å². The van der Waals surface area contributed by atoms with Crippen LogP contribution in [0.15, 0.2) is 72.8 Å². The molecule has 2 bridgehead atoms. The van der Waals surface area contributed by atoms with Crippen LogP contribution in [-0.4, -0.2) is 93.8 Å². The molecule has 13 unspecified atom stereocenters. The van der Waals surface area contributed by atoms with Gasteiger partial charge in [0.2, 0.25) is 5.60 Å². The molecule has 2 aromatic carbocycles. The van der Waals surface area contributed by atoms with E-state index in [1.807, 2.05) is 0 Å². The first-order valence-electron chi connectivity index (χ1n) is 18.6. The third-order valence-corrected chi connectivity index (χ3v) is 12.1. The molecule has 2 aromatic rings. The summed E-state index contributed by atoms with van der Waals surface area (Å²) < 4.78 is 44.0. The number of hydrogen-bond acceptors (Lipinski definition) is 14. The average molecular weight is 777 g/mol. The van der Waals surface area contributed by atoms with Crippen LogP contribution in [-0.2, 0) is 52.3 Å². The summed E-state index contributed by atoms with van der Waals surface area (Å²) in [6.45, 7) is 15.1. The van der Waals surface area contributed by atoms with Crippen molar-refractivity contribution in [2.75, 3.05) is 0 Å². The molecule has 4 aliphatic rings. The number of rotatable bonds is 9. The highest BCUT2D eigenvalue weighted by atomic mass is 16.7. The topological polar surface area (TPSA) is 187 Å². The smallest absolute Gasteiger partial charge is 0.339 e. The fourth-order valence-corrected chi connectivity index (χ4v) is 10.2. The van der Waals surface area contributed by atoms with Crippen LogP contribution in [0.1, 0.15) is 82.5 Å². The monoisotopic (exact) mass is 776 g/mol. The standard InChI is InChI=1S/C42H48O14/c1-21(2)41(55-37(48)29-18-14-11-15-19-29)33(51-25(6)44)23(4)40(49)30-20-22(3)32(50-24(5)43)42(30)38(54-36(47)28-16-12-10-13-17-28)39(9,56-42)34(52-26(7)45)31(40)35(41)53-27(8)46/h10-19,22-23,30-35,38,49H,1,20H2,2-9H3. The Morgan fingerprint density at radius 1 is 0.679 bits per heavy atom. The highest BCUT2D eigenvalue weighted by Gasteiger charge is 2.89. The van der Waals surface area contributed by atoms with E-state index in [0.717, 1.165) is 20.8 Å². The van der Waals surface area contributed by atoms with Gasteiger partial charge in [-0.05, 0) is 56.0 Å². The first kappa shape index (κ1) is 40.6. The first-order chi connectivity index (χ1) is 26.3. The summed E-state index contributed by atoms with van der Waals surface area (Å²) in [5.74, 6) is -9.41. The van der Waals surface area contributed by atoms with Crippen molar-refractivity contribution in [1.82, 2.24) is 0 Å². The SMILES string of the molecule is C=C(C)C1(OC(=O)c2ccccc2)C(OC(C)=O)C(C)C2(O)C(C(OC(C)=O)C3(C)OC4(C(OC(C)=O)C(C)CC24)C3OC(=O)c2ccccc2)C1OC(C)=O. The molecule has 2 aliphatic heterocycles. The van der Waals surface area contributed by atoms with Crippen molar-refractivity contribution in [1.29, 1.82) is 0 Å². The Kier molecular flexibility index (Phi) is 10.5. The van der Waals surface area contributed by atoms with Crippen molar-refractivity contribution in [2.24, 2.45) is 23.7 Å². The Morgan fingerprint density at radius 3 is 1.64 bits per heavy atom. The minimum atomic E-state index is -2.24. The average Bonchev–Trinajstić information content (AvgIpc) is 3.36. The van der Waals surface area contributed by atoms with Crippen molar-refractivity contribution < 1.29 is 67.0 Å². The molecule has 2 aliphatic carbocycles. The van der Waals surface area contributed by atoms with Gasteiger partial charge < -0.3 is 38.3 Å². The van der Waals surface area contributed by atoms with Crippen LogP contribution in [0.3, 0.4) is 0 Å². The number of carbonyl (C=O) groups excluding carboxylic acids is 6. The molecule has 0 amide bonds. The summed E-state index contributed by atoms with van der Waals surface area (Å²) in [7, 11) is 0. The maximum Gasteiger partial charge on any atom is 0.339 e. The number of hydrogen-bond donors (Lipinski definition) is 1. The van der Waals surface area contributed by atoms with Gasteiger partial charge in [-0.25, -0.2) is 9.59 Å². The molecule has 14 heteroatoms. The summed E-state index contributed by atoms with van der Waals surface area (Å²) >= 11 is 0. The molecule has 56 heavy (non-hydrogen) atoms. The van der Waals surface area contributed by atoms with Gasteiger partial charge in [-0.2, -0.15) is 0 Å². The van der Waals surface area contributed by atoms with E-state index in [4.69, 9.17) is 33.2 Å². The lowest BCUT2D eigenvalue weighted by Crippen LogP contribution is -2.80. The number of aliphatic hydroxyl groups is 1. The van der Waals surface area contributed by atoms with Gasteiger partial charge in [0.25, 0.3) is 0 Å². The fraction of sp³-hybridized carbons (Fsp3) is 0.524. The van der Waals surface area contributed by atoms with E-state index in [1.54, 1.807) is 62.4 Å². The van der Waals surface area contributed by atoms with Gasteiger partial charge in [-0.3, -0.25) is 19.2 Å². The lowest BCUT2D eigenvalue weighted by molar-refractivity contribution is -0.389. The number of carbonyl (C=O) groups is 6. The van der Waals surface area contributed by atoms with Crippen LogP contribution in [0, 0.1) is 23.7 Å². The number of esters is 6. The molecular weight excluding hydrogens is 728 g/mol. The van der Waals surface area contributed by atoms with Crippen LogP contribution < -0.4 is 0 Å². The van der Waals surface area contributed by atoms with Crippen LogP contribution in [0.2, 0.25) is 0 Å². The normalized spacial score (nSPS) is 37.8. The molecule has 0 aromatic heterocycles. The van der Waals surface area contributed by atoms with Gasteiger partial charge in [0.05, 0.1) is 22.6 Å². The van der Waals surface area contributed by atoms with E-state index in [0.29, 0.717) is 0 Å². The zero-order valence-corrected chi connectivity index (χ0v) is 32.6. The Bertz CT molecular complexity index is 1930. The molecule has 2 saturated carbocycles. The van der Waals surface area contributed by atoms with Gasteiger partial charge in [-0.1, -0.05) is 56.8 Å². The third kappa shape index (κ3) is 6.08. The Hall–Kier alpha value is -5.08. The molecule has 1 N–H and O–H groups in total. The van der Waals surface area contributed by atoms with E-state index in [1.165, 1.54) is 32.9 Å². The molecule has 1 spiro atoms. The Labute approximate surface area is 324 Å². The number of fused-ring (bicyclic) bond motifs is 3. The lowest BCUT2D eigenvalue weighted by Gasteiger charge is -2.62. The quantitative estimate of drug-likeness (QED) is 0.216. The van der Waals surface area contributed by atoms with E-state index in [2.05, 4.69) is 6.58 Å². The molecular formula is C42H48O14. The maximum absolute atomic E-state index is 14.2. The summed E-state index contributed by atoms with van der Waals surface area (Å²) in [5.41, 5.74) is -7.75. The first-order valence-corrected chi connectivity index (χ1v) is 18.6. The lowest BCUT2D eigenvalue weighted by atomic mass is 9.52. The van der Waals surface area contributed by atoms with Crippen LogP contribution in [0.5, 0.6) is 0 Å². The molecule has 6 rings (SSSR count). The van der Waals surface area contributed by atoms with Crippen LogP contribution in [0.25, 0.3) is 0 Å². The third-order valence-electron chi connectivity index (χ3n) is 12.1. The molecule has 0 radical (unpaired) electrons. The predicted molar refractivity (Wildman–Crippen MR) is 194 cm³/mol. The summed E-state index contributed by atoms with van der Waals surface area (Å²) in [4.78, 5) is 80.6. The molecule has 2 heterocycles.